The Morgan fingerprint density at radius 1 is 1.08 bits per heavy atom. The molecule has 0 bridgehead atoms. The van der Waals surface area contributed by atoms with E-state index in [1.165, 1.54) is 31.3 Å². The van der Waals surface area contributed by atoms with E-state index in [-0.39, 0.29) is 10.5 Å². The Labute approximate surface area is 147 Å². The van der Waals surface area contributed by atoms with E-state index in [1.54, 1.807) is 0 Å². The minimum atomic E-state index is -4.21. The Morgan fingerprint density at radius 2 is 1.69 bits per heavy atom. The van der Waals surface area contributed by atoms with Gasteiger partial charge in [-0.2, -0.15) is 0 Å². The Balaban J connectivity index is 2.08. The average molecular weight is 378 g/mol. The van der Waals surface area contributed by atoms with Crippen molar-refractivity contribution in [3.8, 4) is 0 Å². The molecule has 0 atom stereocenters. The minimum absolute atomic E-state index is 0.0540. The lowest BCUT2D eigenvalue weighted by molar-refractivity contribution is 0.0820. The number of rotatable bonds is 3. The van der Waals surface area contributed by atoms with Crippen molar-refractivity contribution < 1.29 is 18.0 Å². The number of benzene rings is 1. The predicted molar refractivity (Wildman–Crippen MR) is 90.3 cm³/mol. The van der Waals surface area contributed by atoms with Crippen LogP contribution in [-0.4, -0.2) is 40.1 Å². The lowest BCUT2D eigenvalue weighted by atomic mass is 10.1. The lowest BCUT2D eigenvalue weighted by Crippen LogP contribution is -2.44. The molecular formula is C15H14N4O6S. The van der Waals surface area contributed by atoms with Crippen LogP contribution in [0.2, 0.25) is 0 Å². The molecule has 1 aromatic carbocycles. The number of Topliss-reactive ketones (excluding diaryl/α,β-unsaturated/α-hetero) is 1. The number of hydrogen-bond acceptors (Lipinski definition) is 7. The molecule has 0 saturated carbocycles. The largest absolute Gasteiger partial charge is 0.384 e. The highest BCUT2D eigenvalue weighted by atomic mass is 32.2. The van der Waals surface area contributed by atoms with Gasteiger partial charge in [0.1, 0.15) is 22.8 Å². The van der Waals surface area contributed by atoms with Crippen LogP contribution in [0.5, 0.6) is 0 Å². The summed E-state index contributed by atoms with van der Waals surface area (Å²) in [5.41, 5.74) is 3.39. The molecule has 1 aliphatic heterocycles. The van der Waals surface area contributed by atoms with Crippen LogP contribution in [0.15, 0.2) is 38.8 Å². The SMILES string of the molecule is Cn1c(N)c(C(=O)CN2C(=O)c3ccccc3S2(=O)=O)c(=O)n(C)c1=O. The summed E-state index contributed by atoms with van der Waals surface area (Å²) in [4.78, 5) is 48.8. The fourth-order valence-electron chi connectivity index (χ4n) is 2.72. The molecule has 2 N–H and O–H groups in total. The summed E-state index contributed by atoms with van der Waals surface area (Å²) in [6, 6.07) is 5.54. The highest BCUT2D eigenvalue weighted by Gasteiger charge is 2.42. The monoisotopic (exact) mass is 378 g/mol. The number of ketones is 1. The highest BCUT2D eigenvalue weighted by molar-refractivity contribution is 7.90. The minimum Gasteiger partial charge on any atom is -0.384 e. The van der Waals surface area contributed by atoms with Crippen molar-refractivity contribution in [2.75, 3.05) is 12.3 Å². The van der Waals surface area contributed by atoms with Crippen molar-refractivity contribution in [2.45, 2.75) is 4.90 Å². The maximum Gasteiger partial charge on any atom is 0.332 e. The molecule has 0 radical (unpaired) electrons. The summed E-state index contributed by atoms with van der Waals surface area (Å²) >= 11 is 0. The Morgan fingerprint density at radius 3 is 2.31 bits per heavy atom. The number of sulfonamides is 1. The van der Waals surface area contributed by atoms with Gasteiger partial charge in [0.2, 0.25) is 0 Å². The van der Waals surface area contributed by atoms with Crippen molar-refractivity contribution in [3.05, 3.63) is 56.2 Å². The molecule has 0 unspecified atom stereocenters. The van der Waals surface area contributed by atoms with E-state index >= 15 is 0 Å². The van der Waals surface area contributed by atoms with Crippen molar-refractivity contribution in [3.63, 3.8) is 0 Å². The van der Waals surface area contributed by atoms with E-state index in [4.69, 9.17) is 5.73 Å². The molecule has 11 heteroatoms. The van der Waals surface area contributed by atoms with Crippen LogP contribution in [0.25, 0.3) is 0 Å². The molecule has 3 rings (SSSR count). The van der Waals surface area contributed by atoms with E-state index in [2.05, 4.69) is 0 Å². The zero-order valence-electron chi connectivity index (χ0n) is 13.8. The van der Waals surface area contributed by atoms with Crippen molar-refractivity contribution in [1.29, 1.82) is 0 Å². The first-order valence-corrected chi connectivity index (χ1v) is 8.77. The molecule has 2 heterocycles. The third kappa shape index (κ3) is 2.28. The molecule has 1 aliphatic rings. The second-order valence-corrected chi connectivity index (χ2v) is 7.53. The van der Waals surface area contributed by atoms with Gasteiger partial charge in [-0.05, 0) is 12.1 Å². The fraction of sp³-hybridized carbons (Fsp3) is 0.200. The standard InChI is InChI=1S/C15H14N4O6S/c1-17-12(16)11(14(22)18(2)15(17)23)9(20)7-19-13(21)8-5-3-4-6-10(8)26(19,24)25/h3-6H,7,16H2,1-2H3. The molecule has 0 fully saturated rings. The predicted octanol–water partition coefficient (Wildman–Crippen LogP) is -1.31. The second-order valence-electron chi connectivity index (χ2n) is 5.70. The number of carbonyl (C=O) groups excluding carboxylic acids is 2. The van der Waals surface area contributed by atoms with E-state index in [9.17, 15) is 27.6 Å². The van der Waals surface area contributed by atoms with E-state index < -0.39 is 50.9 Å². The summed E-state index contributed by atoms with van der Waals surface area (Å²) < 4.78 is 27.0. The van der Waals surface area contributed by atoms with Crippen LogP contribution in [0, 0.1) is 0 Å². The van der Waals surface area contributed by atoms with Gasteiger partial charge in [-0.15, -0.1) is 0 Å². The summed E-state index contributed by atoms with van der Waals surface area (Å²) in [7, 11) is -1.78. The smallest absolute Gasteiger partial charge is 0.332 e. The molecule has 26 heavy (non-hydrogen) atoms. The maximum absolute atomic E-state index is 12.6. The van der Waals surface area contributed by atoms with Gasteiger partial charge in [0.15, 0.2) is 5.78 Å². The number of nitrogens with zero attached hydrogens (tertiary/aromatic N) is 3. The third-order valence-corrected chi connectivity index (χ3v) is 5.97. The van der Waals surface area contributed by atoms with Crippen LogP contribution in [0.4, 0.5) is 5.82 Å². The molecule has 0 aliphatic carbocycles. The van der Waals surface area contributed by atoms with Gasteiger partial charge in [-0.25, -0.2) is 17.5 Å². The number of anilines is 1. The van der Waals surface area contributed by atoms with Crippen LogP contribution >= 0.6 is 0 Å². The topological polar surface area (TPSA) is 142 Å². The van der Waals surface area contributed by atoms with Gasteiger partial charge in [0, 0.05) is 14.1 Å². The Kier molecular flexibility index (Phi) is 3.83. The number of fused-ring (bicyclic) bond motifs is 1. The van der Waals surface area contributed by atoms with Crippen molar-refractivity contribution >= 4 is 27.5 Å². The zero-order valence-corrected chi connectivity index (χ0v) is 14.6. The quantitative estimate of drug-likeness (QED) is 0.654. The Hall–Kier alpha value is -3.21. The molecular weight excluding hydrogens is 364 g/mol. The van der Waals surface area contributed by atoms with E-state index in [0.717, 1.165) is 11.6 Å². The normalized spacial score (nSPS) is 15.2. The third-order valence-electron chi connectivity index (χ3n) is 4.19. The first-order chi connectivity index (χ1) is 12.1. The number of carbonyl (C=O) groups is 2. The fourth-order valence-corrected chi connectivity index (χ4v) is 4.24. The number of hydrogen-bond donors (Lipinski definition) is 1. The van der Waals surface area contributed by atoms with Crippen LogP contribution < -0.4 is 17.0 Å². The number of nitrogens with two attached hydrogens (primary N) is 1. The molecule has 10 nitrogen and oxygen atoms in total. The molecule has 0 saturated heterocycles. The molecule has 0 spiro atoms. The molecule has 1 aromatic heterocycles. The van der Waals surface area contributed by atoms with E-state index in [0.29, 0.717) is 8.87 Å². The average Bonchev–Trinajstić information content (AvgIpc) is 2.80. The van der Waals surface area contributed by atoms with Crippen molar-refractivity contribution in [2.24, 2.45) is 14.1 Å². The van der Waals surface area contributed by atoms with Crippen LogP contribution in [0.3, 0.4) is 0 Å². The maximum atomic E-state index is 12.6. The van der Waals surface area contributed by atoms with Gasteiger partial charge in [-0.1, -0.05) is 12.1 Å². The lowest BCUT2D eigenvalue weighted by Gasteiger charge is -2.16. The second kappa shape index (κ2) is 5.66. The van der Waals surface area contributed by atoms with Crippen molar-refractivity contribution in [1.82, 2.24) is 13.4 Å². The van der Waals surface area contributed by atoms with E-state index in [1.807, 2.05) is 0 Å². The number of amides is 1. The Bertz CT molecular complexity index is 1190. The first-order valence-electron chi connectivity index (χ1n) is 7.33. The molecule has 1 amide bonds. The summed E-state index contributed by atoms with van der Waals surface area (Å²) in [5, 5.41) is 0. The zero-order chi connectivity index (χ0) is 19.4. The highest BCUT2D eigenvalue weighted by Crippen LogP contribution is 2.29. The first kappa shape index (κ1) is 17.6. The van der Waals surface area contributed by atoms with Gasteiger partial charge in [0.25, 0.3) is 21.5 Å². The number of nitrogen functional groups attached to an aromatic ring is 1. The van der Waals surface area contributed by atoms with Gasteiger partial charge < -0.3 is 5.73 Å². The molecule has 136 valence electrons. The van der Waals surface area contributed by atoms with Gasteiger partial charge in [-0.3, -0.25) is 23.5 Å². The number of aromatic nitrogens is 2. The molecule has 2 aromatic rings. The summed E-state index contributed by atoms with van der Waals surface area (Å²) in [5.74, 6) is -2.25. The van der Waals surface area contributed by atoms with Gasteiger partial charge in [0.05, 0.1) is 5.56 Å². The van der Waals surface area contributed by atoms with Crippen LogP contribution in [-0.2, 0) is 24.1 Å². The summed E-state index contributed by atoms with van der Waals surface area (Å²) in [6.45, 7) is -0.895. The van der Waals surface area contributed by atoms with Gasteiger partial charge >= 0.3 is 5.69 Å². The van der Waals surface area contributed by atoms with Crippen LogP contribution in [0.1, 0.15) is 20.7 Å². The summed E-state index contributed by atoms with van der Waals surface area (Å²) in [6.07, 6.45) is 0.